The average Bonchev–Trinajstić information content (AvgIpc) is 2.69. The minimum Gasteiger partial charge on any atom is -0.355 e. The van der Waals surface area contributed by atoms with Crippen LogP contribution in [0, 0.1) is 0 Å². The van der Waals surface area contributed by atoms with Crippen LogP contribution in [-0.2, 0) is 16.1 Å². The highest BCUT2D eigenvalue weighted by molar-refractivity contribution is 5.90. The van der Waals surface area contributed by atoms with Crippen LogP contribution in [0.25, 0.3) is 0 Å². The number of hydrogen-bond donors (Lipinski definition) is 3. The van der Waals surface area contributed by atoms with Crippen molar-refractivity contribution in [2.45, 2.75) is 19.4 Å². The molecule has 0 saturated carbocycles. The summed E-state index contributed by atoms with van der Waals surface area (Å²) >= 11 is 0. The first-order chi connectivity index (χ1) is 10.2. The standard InChI is InChI=1S/C15H22N4O2/c16-10-12-3-1-4-13(9-12)18-14(20)5-8-19-7-2-6-17-15(21)11-19/h1,3-4,9H,2,5-8,10-11,16H2,(H,17,21)(H,18,20). The van der Waals surface area contributed by atoms with E-state index >= 15 is 0 Å². The maximum absolute atomic E-state index is 12.0. The quantitative estimate of drug-likeness (QED) is 0.727. The predicted octanol–water partition coefficient (Wildman–Crippen LogP) is 0.296. The fourth-order valence-electron chi connectivity index (χ4n) is 2.32. The number of benzene rings is 1. The Bertz CT molecular complexity index is 504. The highest BCUT2D eigenvalue weighted by Crippen LogP contribution is 2.10. The number of nitrogens with zero attached hydrogens (tertiary/aromatic N) is 1. The predicted molar refractivity (Wildman–Crippen MR) is 81.6 cm³/mol. The summed E-state index contributed by atoms with van der Waals surface area (Å²) in [4.78, 5) is 25.4. The Hall–Kier alpha value is -1.92. The summed E-state index contributed by atoms with van der Waals surface area (Å²) in [5.41, 5.74) is 7.32. The lowest BCUT2D eigenvalue weighted by Gasteiger charge is -2.17. The van der Waals surface area contributed by atoms with Crippen molar-refractivity contribution >= 4 is 17.5 Å². The van der Waals surface area contributed by atoms with Gasteiger partial charge >= 0.3 is 0 Å². The SMILES string of the molecule is NCc1cccc(NC(=O)CCN2CCCNC(=O)C2)c1. The van der Waals surface area contributed by atoms with Gasteiger partial charge in [0.1, 0.15) is 0 Å². The van der Waals surface area contributed by atoms with E-state index < -0.39 is 0 Å². The molecule has 0 aliphatic carbocycles. The molecule has 4 N–H and O–H groups in total. The molecule has 0 aromatic heterocycles. The van der Waals surface area contributed by atoms with Gasteiger partial charge in [0.25, 0.3) is 0 Å². The van der Waals surface area contributed by atoms with Gasteiger partial charge in [0.15, 0.2) is 0 Å². The lowest BCUT2D eigenvalue weighted by Crippen LogP contribution is -2.34. The summed E-state index contributed by atoms with van der Waals surface area (Å²) in [5.74, 6) is -0.0163. The fraction of sp³-hybridized carbons (Fsp3) is 0.467. The molecule has 1 aromatic carbocycles. The van der Waals surface area contributed by atoms with Gasteiger partial charge in [-0.15, -0.1) is 0 Å². The van der Waals surface area contributed by atoms with E-state index in [4.69, 9.17) is 5.73 Å². The van der Waals surface area contributed by atoms with Crippen molar-refractivity contribution in [1.82, 2.24) is 10.2 Å². The Balaban J connectivity index is 1.79. The number of carbonyl (C=O) groups excluding carboxylic acids is 2. The second-order valence-electron chi connectivity index (χ2n) is 5.18. The highest BCUT2D eigenvalue weighted by atomic mass is 16.2. The van der Waals surface area contributed by atoms with E-state index in [-0.39, 0.29) is 11.8 Å². The molecule has 0 atom stereocenters. The van der Waals surface area contributed by atoms with Crippen molar-refractivity contribution in [3.05, 3.63) is 29.8 Å². The molecule has 6 heteroatoms. The van der Waals surface area contributed by atoms with E-state index in [1.165, 1.54) is 0 Å². The molecular formula is C15H22N4O2. The molecule has 2 rings (SSSR count). The van der Waals surface area contributed by atoms with Crippen molar-refractivity contribution in [2.24, 2.45) is 5.73 Å². The van der Waals surface area contributed by atoms with Gasteiger partial charge in [-0.05, 0) is 24.1 Å². The number of amides is 2. The van der Waals surface area contributed by atoms with Crippen molar-refractivity contribution in [2.75, 3.05) is 31.5 Å². The molecule has 21 heavy (non-hydrogen) atoms. The molecule has 0 bridgehead atoms. The van der Waals surface area contributed by atoms with Gasteiger partial charge in [-0.25, -0.2) is 0 Å². The Morgan fingerprint density at radius 1 is 1.43 bits per heavy atom. The first-order valence-corrected chi connectivity index (χ1v) is 7.25. The highest BCUT2D eigenvalue weighted by Gasteiger charge is 2.15. The molecule has 1 fully saturated rings. The molecule has 6 nitrogen and oxygen atoms in total. The topological polar surface area (TPSA) is 87.5 Å². The zero-order valence-electron chi connectivity index (χ0n) is 12.1. The number of carbonyl (C=O) groups is 2. The maximum Gasteiger partial charge on any atom is 0.234 e. The molecule has 114 valence electrons. The van der Waals surface area contributed by atoms with Gasteiger partial charge in [-0.1, -0.05) is 12.1 Å². The van der Waals surface area contributed by atoms with Gasteiger partial charge in [0.05, 0.1) is 6.54 Å². The van der Waals surface area contributed by atoms with Crippen molar-refractivity contribution < 1.29 is 9.59 Å². The molecule has 1 aromatic rings. The van der Waals surface area contributed by atoms with E-state index in [2.05, 4.69) is 10.6 Å². The number of nitrogens with one attached hydrogen (secondary N) is 2. The minimum atomic E-state index is -0.0474. The summed E-state index contributed by atoms with van der Waals surface area (Å²) in [6, 6.07) is 7.51. The minimum absolute atomic E-state index is 0.0311. The maximum atomic E-state index is 12.0. The smallest absolute Gasteiger partial charge is 0.234 e. The number of rotatable bonds is 5. The summed E-state index contributed by atoms with van der Waals surface area (Å²) in [5, 5.41) is 5.68. The van der Waals surface area contributed by atoms with Gasteiger partial charge in [0, 0.05) is 38.3 Å². The third kappa shape index (κ3) is 5.17. The number of anilines is 1. The largest absolute Gasteiger partial charge is 0.355 e. The fourth-order valence-corrected chi connectivity index (χ4v) is 2.32. The molecule has 0 spiro atoms. The zero-order valence-corrected chi connectivity index (χ0v) is 12.1. The molecule has 1 aliphatic rings. The van der Waals surface area contributed by atoms with Gasteiger partial charge in [-0.2, -0.15) is 0 Å². The Morgan fingerprint density at radius 2 is 2.29 bits per heavy atom. The van der Waals surface area contributed by atoms with Crippen LogP contribution in [-0.4, -0.2) is 42.9 Å². The summed E-state index contributed by atoms with van der Waals surface area (Å²) < 4.78 is 0. The van der Waals surface area contributed by atoms with Crippen LogP contribution >= 0.6 is 0 Å². The molecule has 0 radical (unpaired) electrons. The Morgan fingerprint density at radius 3 is 3.10 bits per heavy atom. The molecule has 2 amide bonds. The first-order valence-electron chi connectivity index (χ1n) is 7.25. The van der Waals surface area contributed by atoms with E-state index in [0.29, 0.717) is 32.6 Å². The van der Waals surface area contributed by atoms with Crippen LogP contribution < -0.4 is 16.4 Å². The average molecular weight is 290 g/mol. The van der Waals surface area contributed by atoms with Gasteiger partial charge < -0.3 is 16.4 Å². The Labute approximate surface area is 124 Å². The van der Waals surface area contributed by atoms with Crippen LogP contribution in [0.1, 0.15) is 18.4 Å². The van der Waals surface area contributed by atoms with E-state index in [1.807, 2.05) is 29.2 Å². The van der Waals surface area contributed by atoms with Gasteiger partial charge in [0.2, 0.25) is 11.8 Å². The van der Waals surface area contributed by atoms with Crippen LogP contribution in [0.3, 0.4) is 0 Å². The molecule has 0 unspecified atom stereocenters. The second-order valence-corrected chi connectivity index (χ2v) is 5.18. The normalized spacial score (nSPS) is 16.1. The third-order valence-corrected chi connectivity index (χ3v) is 3.44. The summed E-state index contributed by atoms with van der Waals surface area (Å²) in [6.07, 6.45) is 1.30. The van der Waals surface area contributed by atoms with Gasteiger partial charge in [-0.3, -0.25) is 14.5 Å². The van der Waals surface area contributed by atoms with E-state index in [9.17, 15) is 9.59 Å². The van der Waals surface area contributed by atoms with Crippen LogP contribution in [0.4, 0.5) is 5.69 Å². The van der Waals surface area contributed by atoms with E-state index in [0.717, 1.165) is 24.2 Å². The number of nitrogens with two attached hydrogens (primary N) is 1. The number of hydrogen-bond acceptors (Lipinski definition) is 4. The molecule has 1 saturated heterocycles. The second kappa shape index (κ2) is 7.75. The third-order valence-electron chi connectivity index (χ3n) is 3.44. The lowest BCUT2D eigenvalue weighted by molar-refractivity contribution is -0.122. The zero-order chi connectivity index (χ0) is 15.1. The Kier molecular flexibility index (Phi) is 5.71. The first kappa shape index (κ1) is 15.5. The monoisotopic (exact) mass is 290 g/mol. The van der Waals surface area contributed by atoms with Crippen LogP contribution in [0.2, 0.25) is 0 Å². The van der Waals surface area contributed by atoms with E-state index in [1.54, 1.807) is 0 Å². The van der Waals surface area contributed by atoms with Crippen molar-refractivity contribution in [1.29, 1.82) is 0 Å². The van der Waals surface area contributed by atoms with Crippen molar-refractivity contribution in [3.8, 4) is 0 Å². The van der Waals surface area contributed by atoms with Crippen molar-refractivity contribution in [3.63, 3.8) is 0 Å². The molecule has 1 heterocycles. The van der Waals surface area contributed by atoms with Crippen LogP contribution in [0.15, 0.2) is 24.3 Å². The summed E-state index contributed by atoms with van der Waals surface area (Å²) in [6.45, 7) is 2.97. The lowest BCUT2D eigenvalue weighted by atomic mass is 10.2. The molecule has 1 aliphatic heterocycles. The molecular weight excluding hydrogens is 268 g/mol. The van der Waals surface area contributed by atoms with Crippen LogP contribution in [0.5, 0.6) is 0 Å². The summed E-state index contributed by atoms with van der Waals surface area (Å²) in [7, 11) is 0.